The van der Waals surface area contributed by atoms with Gasteiger partial charge in [-0.3, -0.25) is 4.79 Å². The number of thiazole rings is 1. The summed E-state index contributed by atoms with van der Waals surface area (Å²) in [5, 5.41) is 1.93. The number of hydrogen-bond acceptors (Lipinski definition) is 5. The van der Waals surface area contributed by atoms with E-state index in [9.17, 15) is 13.2 Å². The van der Waals surface area contributed by atoms with E-state index in [0.29, 0.717) is 5.69 Å². The van der Waals surface area contributed by atoms with Crippen molar-refractivity contribution in [2.45, 2.75) is 4.90 Å². The molecule has 1 amide bonds. The van der Waals surface area contributed by atoms with Crippen LogP contribution in [-0.2, 0) is 14.8 Å². The van der Waals surface area contributed by atoms with Crippen molar-refractivity contribution < 1.29 is 13.2 Å². The molecule has 0 atom stereocenters. The van der Waals surface area contributed by atoms with Crippen LogP contribution in [0.15, 0.2) is 77.1 Å². The number of benzene rings is 2. The Bertz CT molecular complexity index is 959. The molecule has 0 aliphatic carbocycles. The molecule has 3 aromatic rings. The monoisotopic (exact) mass is 387 g/mol. The molecule has 0 saturated carbocycles. The largest absolute Gasteiger partial charge is 0.314 e. The third-order valence-corrected chi connectivity index (χ3v) is 6.42. The number of rotatable bonds is 6. The Labute approximate surface area is 156 Å². The molecule has 0 bridgehead atoms. The number of likely N-dealkylation sites (N-methyl/N-ethyl adjacent to an activating group) is 1. The molecule has 6 nitrogen and oxygen atoms in total. The number of sulfonamides is 1. The van der Waals surface area contributed by atoms with Crippen LogP contribution in [0.5, 0.6) is 0 Å². The molecule has 0 unspecified atom stereocenters. The van der Waals surface area contributed by atoms with Crippen LogP contribution in [-0.4, -0.2) is 32.9 Å². The molecule has 0 aliphatic heterocycles. The molecule has 2 aromatic carbocycles. The van der Waals surface area contributed by atoms with E-state index in [1.165, 1.54) is 34.6 Å². The average molecular weight is 387 g/mol. The van der Waals surface area contributed by atoms with Crippen LogP contribution in [0.2, 0.25) is 0 Å². The molecule has 134 valence electrons. The highest BCUT2D eigenvalue weighted by Crippen LogP contribution is 2.26. The Morgan fingerprint density at radius 3 is 2.23 bits per heavy atom. The van der Waals surface area contributed by atoms with Crippen molar-refractivity contribution in [3.05, 3.63) is 72.2 Å². The summed E-state index contributed by atoms with van der Waals surface area (Å²) in [4.78, 5) is 18.4. The number of nitrogens with zero attached hydrogens (tertiary/aromatic N) is 3. The zero-order valence-electron chi connectivity index (χ0n) is 14.0. The van der Waals surface area contributed by atoms with Gasteiger partial charge in [0.05, 0.1) is 4.90 Å². The topological polar surface area (TPSA) is 70.6 Å². The predicted octanol–water partition coefficient (Wildman–Crippen LogP) is 3.00. The predicted molar refractivity (Wildman–Crippen MR) is 103 cm³/mol. The van der Waals surface area contributed by atoms with Gasteiger partial charge in [0.25, 0.3) is 10.0 Å². The summed E-state index contributed by atoms with van der Waals surface area (Å²) in [5.74, 6) is -0.356. The molecule has 8 heteroatoms. The first-order valence-corrected chi connectivity index (χ1v) is 10.1. The Morgan fingerprint density at radius 1 is 1.04 bits per heavy atom. The lowest BCUT2D eigenvalue weighted by atomic mass is 10.3. The fourth-order valence-corrected chi connectivity index (χ4v) is 4.60. The molecular weight excluding hydrogens is 370 g/mol. The molecular formula is C18H17N3O3S2. The Kier molecular flexibility index (Phi) is 5.34. The van der Waals surface area contributed by atoms with Crippen molar-refractivity contribution in [2.75, 3.05) is 22.8 Å². The van der Waals surface area contributed by atoms with Gasteiger partial charge in [0.15, 0.2) is 5.13 Å². The molecule has 0 radical (unpaired) electrons. The molecule has 0 aliphatic rings. The third-order valence-electron chi connectivity index (χ3n) is 3.76. The molecule has 0 fully saturated rings. The van der Waals surface area contributed by atoms with Crippen LogP contribution in [0.3, 0.4) is 0 Å². The van der Waals surface area contributed by atoms with Crippen LogP contribution in [0.4, 0.5) is 10.8 Å². The van der Waals surface area contributed by atoms with Crippen LogP contribution in [0, 0.1) is 0 Å². The second kappa shape index (κ2) is 7.67. The number of hydrogen-bond donors (Lipinski definition) is 0. The van der Waals surface area contributed by atoms with E-state index in [0.717, 1.165) is 4.31 Å². The molecule has 0 N–H and O–H groups in total. The SMILES string of the molecule is CN(C(=O)CN(c1nccs1)S(=O)(=O)c1ccccc1)c1ccccc1. The van der Waals surface area contributed by atoms with E-state index in [-0.39, 0.29) is 22.5 Å². The zero-order valence-corrected chi connectivity index (χ0v) is 15.7. The van der Waals surface area contributed by atoms with E-state index in [1.54, 1.807) is 42.8 Å². The quantitative estimate of drug-likeness (QED) is 0.652. The first-order valence-electron chi connectivity index (χ1n) is 7.79. The molecule has 1 aromatic heterocycles. The molecule has 3 rings (SSSR count). The molecule has 0 saturated heterocycles. The summed E-state index contributed by atoms with van der Waals surface area (Å²) in [6, 6.07) is 17.1. The minimum Gasteiger partial charge on any atom is -0.314 e. The van der Waals surface area contributed by atoms with Crippen molar-refractivity contribution in [3.63, 3.8) is 0 Å². The molecule has 26 heavy (non-hydrogen) atoms. The van der Waals surface area contributed by atoms with Crippen molar-refractivity contribution in [3.8, 4) is 0 Å². The highest BCUT2D eigenvalue weighted by molar-refractivity contribution is 7.93. The van der Waals surface area contributed by atoms with E-state index in [4.69, 9.17) is 0 Å². The summed E-state index contributed by atoms with van der Waals surface area (Å²) in [6.07, 6.45) is 1.51. The lowest BCUT2D eigenvalue weighted by molar-refractivity contribution is -0.116. The van der Waals surface area contributed by atoms with Crippen LogP contribution >= 0.6 is 11.3 Å². The number of carbonyl (C=O) groups is 1. The lowest BCUT2D eigenvalue weighted by Gasteiger charge is -2.24. The van der Waals surface area contributed by atoms with Gasteiger partial charge in [0.2, 0.25) is 5.91 Å². The number of aromatic nitrogens is 1. The smallest absolute Gasteiger partial charge is 0.266 e. The standard InChI is InChI=1S/C18H17N3O3S2/c1-20(15-8-4-2-5-9-15)17(22)14-21(18-19-12-13-25-18)26(23,24)16-10-6-3-7-11-16/h2-13H,14H2,1H3. The Morgan fingerprint density at radius 2 is 1.65 bits per heavy atom. The first kappa shape index (κ1) is 18.1. The highest BCUT2D eigenvalue weighted by atomic mass is 32.2. The van der Waals surface area contributed by atoms with Crippen molar-refractivity contribution >= 4 is 38.1 Å². The van der Waals surface area contributed by atoms with Crippen molar-refractivity contribution in [1.82, 2.24) is 4.98 Å². The second-order valence-corrected chi connectivity index (χ2v) is 8.16. The third kappa shape index (κ3) is 3.76. The van der Waals surface area contributed by atoms with E-state index in [1.807, 2.05) is 18.2 Å². The van der Waals surface area contributed by atoms with Crippen molar-refractivity contribution in [2.24, 2.45) is 0 Å². The van der Waals surface area contributed by atoms with E-state index in [2.05, 4.69) is 4.98 Å². The van der Waals surface area contributed by atoms with E-state index < -0.39 is 10.0 Å². The Balaban J connectivity index is 1.92. The summed E-state index contributed by atoms with van der Waals surface area (Å²) in [5.41, 5.74) is 0.689. The number of carbonyl (C=O) groups excluding carboxylic acids is 1. The summed E-state index contributed by atoms with van der Waals surface area (Å²) < 4.78 is 27.1. The van der Waals surface area contributed by atoms with Crippen LogP contribution in [0.25, 0.3) is 0 Å². The fourth-order valence-electron chi connectivity index (χ4n) is 2.34. The average Bonchev–Trinajstić information content (AvgIpc) is 3.20. The number of para-hydroxylation sites is 1. The van der Waals surface area contributed by atoms with Crippen molar-refractivity contribution in [1.29, 1.82) is 0 Å². The van der Waals surface area contributed by atoms with Gasteiger partial charge in [-0.05, 0) is 24.3 Å². The lowest BCUT2D eigenvalue weighted by Crippen LogP contribution is -2.41. The van der Waals surface area contributed by atoms with Gasteiger partial charge in [0.1, 0.15) is 6.54 Å². The highest BCUT2D eigenvalue weighted by Gasteiger charge is 2.30. The van der Waals surface area contributed by atoms with Gasteiger partial charge < -0.3 is 4.90 Å². The minimum atomic E-state index is -3.90. The molecule has 1 heterocycles. The van der Waals surface area contributed by atoms with Gasteiger partial charge in [-0.15, -0.1) is 11.3 Å². The maximum Gasteiger partial charge on any atom is 0.266 e. The van der Waals surface area contributed by atoms with E-state index >= 15 is 0 Å². The second-order valence-electron chi connectivity index (χ2n) is 5.43. The number of amides is 1. The number of anilines is 2. The summed E-state index contributed by atoms with van der Waals surface area (Å²) in [7, 11) is -2.28. The minimum absolute atomic E-state index is 0.116. The van der Waals surface area contributed by atoms with Gasteiger partial charge in [-0.25, -0.2) is 17.7 Å². The van der Waals surface area contributed by atoms with Crippen LogP contribution < -0.4 is 9.21 Å². The van der Waals surface area contributed by atoms with Gasteiger partial charge in [-0.1, -0.05) is 36.4 Å². The maximum atomic E-state index is 13.0. The summed E-state index contributed by atoms with van der Waals surface area (Å²) >= 11 is 1.17. The van der Waals surface area contributed by atoms with Gasteiger partial charge in [-0.2, -0.15) is 0 Å². The fraction of sp³-hybridized carbons (Fsp3) is 0.111. The van der Waals surface area contributed by atoms with Gasteiger partial charge >= 0.3 is 0 Å². The van der Waals surface area contributed by atoms with Crippen LogP contribution in [0.1, 0.15) is 0 Å². The zero-order chi connectivity index (χ0) is 18.6. The normalized spacial score (nSPS) is 11.1. The summed E-state index contributed by atoms with van der Waals surface area (Å²) in [6.45, 7) is -0.337. The Hall–Kier alpha value is -2.71. The van der Waals surface area contributed by atoms with Gasteiger partial charge in [0, 0.05) is 24.3 Å². The maximum absolute atomic E-state index is 13.0. The molecule has 0 spiro atoms. The first-order chi connectivity index (χ1) is 12.5.